The summed E-state index contributed by atoms with van der Waals surface area (Å²) in [7, 11) is 1.84. The van der Waals surface area contributed by atoms with Gasteiger partial charge in [0.05, 0.1) is 11.7 Å². The Morgan fingerprint density at radius 2 is 1.70 bits per heavy atom. The molecule has 0 saturated heterocycles. The zero-order valence-corrected chi connectivity index (χ0v) is 13.6. The Kier molecular flexibility index (Phi) is 8.47. The average molecular weight is 282 g/mol. The molecule has 1 unspecified atom stereocenters. The number of rotatable bonds is 13. The van der Waals surface area contributed by atoms with Crippen molar-refractivity contribution in [3.63, 3.8) is 0 Å². The third-order valence-corrected chi connectivity index (χ3v) is 4.55. The highest BCUT2D eigenvalue weighted by molar-refractivity contribution is 4.94. The molecule has 0 radical (unpaired) electrons. The molecule has 1 N–H and O–H groups in total. The highest BCUT2D eigenvalue weighted by atomic mass is 16.5. The summed E-state index contributed by atoms with van der Waals surface area (Å²) in [6, 6.07) is 0. The first kappa shape index (κ1) is 17.7. The molecule has 0 aliphatic heterocycles. The molecule has 1 aliphatic rings. The lowest BCUT2D eigenvalue weighted by molar-refractivity contribution is 0.0699. The Bertz CT molecular complexity index is 269. The van der Waals surface area contributed by atoms with E-state index in [0.29, 0.717) is 0 Å². The lowest BCUT2D eigenvalue weighted by atomic mass is 10.0. The van der Waals surface area contributed by atoms with Crippen LogP contribution >= 0.6 is 0 Å². The first-order chi connectivity index (χ1) is 9.58. The molecule has 0 amide bonds. The van der Waals surface area contributed by atoms with Gasteiger partial charge in [0.1, 0.15) is 0 Å². The van der Waals surface area contributed by atoms with Crippen LogP contribution in [0.4, 0.5) is 0 Å². The number of aliphatic hydroxyl groups excluding tert-OH is 1. The van der Waals surface area contributed by atoms with Crippen LogP contribution < -0.4 is 0 Å². The third-order valence-electron chi connectivity index (χ3n) is 4.55. The van der Waals surface area contributed by atoms with E-state index in [1.807, 2.05) is 7.11 Å². The van der Waals surface area contributed by atoms with Crippen LogP contribution in [-0.2, 0) is 4.74 Å². The molecular formula is C18H34O2. The summed E-state index contributed by atoms with van der Waals surface area (Å²) in [5, 5.41) is 9.93. The molecule has 0 spiro atoms. The summed E-state index contributed by atoms with van der Waals surface area (Å²) in [5.74, 6) is 0. The van der Waals surface area contributed by atoms with Gasteiger partial charge in [0.2, 0.25) is 0 Å². The number of allylic oxidation sites excluding steroid dienone is 1. The molecule has 2 heteroatoms. The normalized spacial score (nSPS) is 17.9. The second-order valence-electron chi connectivity index (χ2n) is 6.70. The van der Waals surface area contributed by atoms with E-state index in [9.17, 15) is 5.11 Å². The maximum atomic E-state index is 9.93. The fourth-order valence-electron chi connectivity index (χ4n) is 2.83. The van der Waals surface area contributed by atoms with Crippen molar-refractivity contribution in [1.82, 2.24) is 0 Å². The zero-order chi connectivity index (χ0) is 14.8. The van der Waals surface area contributed by atoms with E-state index in [1.165, 1.54) is 50.5 Å². The van der Waals surface area contributed by atoms with E-state index in [0.717, 1.165) is 32.1 Å². The number of hydrogen-bond acceptors (Lipinski definition) is 2. The van der Waals surface area contributed by atoms with Crippen LogP contribution in [0.15, 0.2) is 12.2 Å². The SMILES string of the molecule is C=C(C)CCCCCC(O)CCCCCC1(OC)CC1. The van der Waals surface area contributed by atoms with E-state index in [2.05, 4.69) is 13.5 Å². The second kappa shape index (κ2) is 9.57. The maximum absolute atomic E-state index is 9.93. The van der Waals surface area contributed by atoms with Gasteiger partial charge in [-0.2, -0.15) is 0 Å². The van der Waals surface area contributed by atoms with Gasteiger partial charge in [-0.25, -0.2) is 0 Å². The number of unbranched alkanes of at least 4 members (excludes halogenated alkanes) is 4. The van der Waals surface area contributed by atoms with E-state index in [1.54, 1.807) is 0 Å². The summed E-state index contributed by atoms with van der Waals surface area (Å²) < 4.78 is 5.51. The van der Waals surface area contributed by atoms with Gasteiger partial charge in [0.25, 0.3) is 0 Å². The van der Waals surface area contributed by atoms with E-state index < -0.39 is 0 Å². The van der Waals surface area contributed by atoms with E-state index >= 15 is 0 Å². The van der Waals surface area contributed by atoms with E-state index in [4.69, 9.17) is 4.74 Å². The van der Waals surface area contributed by atoms with Gasteiger partial charge in [-0.15, -0.1) is 6.58 Å². The molecule has 1 atom stereocenters. The number of methoxy groups -OCH3 is 1. The quantitative estimate of drug-likeness (QED) is 0.380. The van der Waals surface area contributed by atoms with Gasteiger partial charge in [-0.1, -0.05) is 37.7 Å². The van der Waals surface area contributed by atoms with Gasteiger partial charge < -0.3 is 9.84 Å². The van der Waals surface area contributed by atoms with Crippen molar-refractivity contribution in [1.29, 1.82) is 0 Å². The van der Waals surface area contributed by atoms with Crippen LogP contribution in [-0.4, -0.2) is 23.9 Å². The molecule has 2 nitrogen and oxygen atoms in total. The number of aliphatic hydroxyl groups is 1. The number of ether oxygens (including phenoxy) is 1. The second-order valence-corrected chi connectivity index (χ2v) is 6.70. The van der Waals surface area contributed by atoms with Crippen LogP contribution in [0.3, 0.4) is 0 Å². The Labute approximate surface area is 125 Å². The summed E-state index contributed by atoms with van der Waals surface area (Å²) in [6.07, 6.45) is 13.9. The third kappa shape index (κ3) is 8.06. The minimum atomic E-state index is -0.0860. The summed E-state index contributed by atoms with van der Waals surface area (Å²) in [4.78, 5) is 0. The molecular weight excluding hydrogens is 248 g/mol. The largest absolute Gasteiger partial charge is 0.393 e. The zero-order valence-electron chi connectivity index (χ0n) is 13.6. The molecule has 0 aromatic heterocycles. The summed E-state index contributed by atoms with van der Waals surface area (Å²) >= 11 is 0. The number of hydrogen-bond donors (Lipinski definition) is 1. The van der Waals surface area contributed by atoms with Crippen LogP contribution in [0, 0.1) is 0 Å². The molecule has 1 rings (SSSR count). The van der Waals surface area contributed by atoms with Crippen molar-refractivity contribution in [2.75, 3.05) is 7.11 Å². The predicted molar refractivity (Wildman–Crippen MR) is 86.0 cm³/mol. The molecule has 20 heavy (non-hydrogen) atoms. The first-order valence-corrected chi connectivity index (χ1v) is 8.45. The smallest absolute Gasteiger partial charge is 0.0681 e. The van der Waals surface area contributed by atoms with E-state index in [-0.39, 0.29) is 11.7 Å². The lowest BCUT2D eigenvalue weighted by Gasteiger charge is -2.13. The maximum Gasteiger partial charge on any atom is 0.0681 e. The highest BCUT2D eigenvalue weighted by Gasteiger charge is 2.41. The summed E-state index contributed by atoms with van der Waals surface area (Å²) in [6.45, 7) is 6.00. The van der Waals surface area contributed by atoms with Crippen molar-refractivity contribution in [2.24, 2.45) is 0 Å². The molecule has 118 valence electrons. The fraction of sp³-hybridized carbons (Fsp3) is 0.889. The fourth-order valence-corrected chi connectivity index (χ4v) is 2.83. The minimum absolute atomic E-state index is 0.0860. The van der Waals surface area contributed by atoms with Gasteiger partial charge in [0.15, 0.2) is 0 Å². The van der Waals surface area contributed by atoms with Crippen molar-refractivity contribution < 1.29 is 9.84 Å². The van der Waals surface area contributed by atoms with Crippen molar-refractivity contribution in [3.05, 3.63) is 12.2 Å². The van der Waals surface area contributed by atoms with Crippen LogP contribution in [0.5, 0.6) is 0 Å². The molecule has 0 bridgehead atoms. The highest BCUT2D eigenvalue weighted by Crippen LogP contribution is 2.43. The van der Waals surface area contributed by atoms with Crippen LogP contribution in [0.25, 0.3) is 0 Å². The molecule has 1 saturated carbocycles. The van der Waals surface area contributed by atoms with Crippen molar-refractivity contribution in [2.45, 2.75) is 95.7 Å². The van der Waals surface area contributed by atoms with Gasteiger partial charge in [-0.3, -0.25) is 0 Å². The Morgan fingerprint density at radius 3 is 2.20 bits per heavy atom. The first-order valence-electron chi connectivity index (χ1n) is 8.45. The molecule has 0 heterocycles. The average Bonchev–Trinajstić information content (AvgIpc) is 3.18. The Morgan fingerprint density at radius 1 is 1.10 bits per heavy atom. The lowest BCUT2D eigenvalue weighted by Crippen LogP contribution is -2.11. The minimum Gasteiger partial charge on any atom is -0.393 e. The van der Waals surface area contributed by atoms with Gasteiger partial charge >= 0.3 is 0 Å². The molecule has 1 aliphatic carbocycles. The topological polar surface area (TPSA) is 29.5 Å². The van der Waals surface area contributed by atoms with Gasteiger partial charge in [0, 0.05) is 7.11 Å². The molecule has 0 aromatic rings. The monoisotopic (exact) mass is 282 g/mol. The van der Waals surface area contributed by atoms with Crippen LogP contribution in [0.2, 0.25) is 0 Å². The van der Waals surface area contributed by atoms with Crippen molar-refractivity contribution in [3.8, 4) is 0 Å². The standard InChI is InChI=1S/C18H34O2/c1-16(2)10-6-4-7-11-17(19)12-8-5-9-13-18(20-3)14-15-18/h17,19H,1,4-15H2,2-3H3. The Balaban J connectivity index is 1.85. The van der Waals surface area contributed by atoms with Crippen LogP contribution in [0.1, 0.15) is 84.0 Å². The summed E-state index contributed by atoms with van der Waals surface area (Å²) in [5.41, 5.74) is 1.53. The van der Waals surface area contributed by atoms with Crippen molar-refractivity contribution >= 4 is 0 Å². The Hall–Kier alpha value is -0.340. The van der Waals surface area contributed by atoms with Gasteiger partial charge in [-0.05, 0) is 51.9 Å². The molecule has 0 aromatic carbocycles. The predicted octanol–water partition coefficient (Wildman–Crippen LogP) is 5.00. The molecule has 1 fully saturated rings.